The number of benzene rings is 1. The number of ether oxygens (including phenoxy) is 2. The van der Waals surface area contributed by atoms with Crippen LogP contribution in [-0.4, -0.2) is 20.4 Å². The first-order valence-corrected chi connectivity index (χ1v) is 5.58. The van der Waals surface area contributed by atoms with E-state index in [1.54, 1.807) is 7.11 Å². The summed E-state index contributed by atoms with van der Waals surface area (Å²) in [6.45, 7) is 0.844. The number of hydrogen-bond acceptors (Lipinski definition) is 3. The predicted molar refractivity (Wildman–Crippen MR) is 65.9 cm³/mol. The van der Waals surface area contributed by atoms with Crippen LogP contribution in [0.1, 0.15) is 18.4 Å². The van der Waals surface area contributed by atoms with Crippen molar-refractivity contribution in [2.75, 3.05) is 20.4 Å². The van der Waals surface area contributed by atoms with E-state index in [9.17, 15) is 0 Å². The topological polar surface area (TPSA) is 67.2 Å². The minimum atomic E-state index is 0.269. The van der Waals surface area contributed by atoms with Gasteiger partial charge in [-0.2, -0.15) is 0 Å². The van der Waals surface area contributed by atoms with Crippen LogP contribution >= 0.6 is 0 Å². The maximum atomic E-state index is 8.12. The molecule has 0 bridgehead atoms. The van der Waals surface area contributed by atoms with E-state index in [0.29, 0.717) is 6.54 Å². The number of unbranched alkanes of at least 4 members (excludes halogenated alkanes) is 1. The lowest BCUT2D eigenvalue weighted by molar-refractivity contribution is 0.0511. The highest BCUT2D eigenvalue weighted by Crippen LogP contribution is 2.13. The summed E-state index contributed by atoms with van der Waals surface area (Å²) in [6, 6.07) is 7.95. The fraction of sp³-hybridized carbons (Fsp3) is 0.500. The highest BCUT2D eigenvalue weighted by atomic mass is 16.7. The highest BCUT2D eigenvalue weighted by Gasteiger charge is 1.95. The van der Waals surface area contributed by atoms with Crippen molar-refractivity contribution < 1.29 is 9.47 Å². The highest BCUT2D eigenvalue weighted by molar-refractivity contribution is 5.27. The van der Waals surface area contributed by atoms with Crippen LogP contribution in [0.4, 0.5) is 0 Å². The largest absolute Gasteiger partial charge is 0.468 e. The number of hydrogen-bond donors (Lipinski definition) is 0. The zero-order valence-electron chi connectivity index (χ0n) is 10.0. The zero-order valence-corrected chi connectivity index (χ0v) is 10.0. The second-order valence-electron chi connectivity index (χ2n) is 3.61. The molecule has 1 aromatic carbocycles. The van der Waals surface area contributed by atoms with E-state index >= 15 is 0 Å². The lowest BCUT2D eigenvalue weighted by Gasteiger charge is -2.05. The Bertz CT molecular complexity index is 359. The molecule has 1 aromatic rings. The van der Waals surface area contributed by atoms with Gasteiger partial charge in [-0.05, 0) is 42.5 Å². The molecule has 0 heterocycles. The summed E-state index contributed by atoms with van der Waals surface area (Å²) in [5.41, 5.74) is 9.38. The van der Waals surface area contributed by atoms with Crippen LogP contribution in [0, 0.1) is 0 Å². The molecule has 92 valence electrons. The Morgan fingerprint density at radius 3 is 2.65 bits per heavy atom. The van der Waals surface area contributed by atoms with Gasteiger partial charge in [-0.15, -0.1) is 0 Å². The zero-order chi connectivity index (χ0) is 12.3. The van der Waals surface area contributed by atoms with E-state index in [2.05, 4.69) is 10.0 Å². The number of methoxy groups -OCH3 is 1. The molecular formula is C12H17N3O2. The van der Waals surface area contributed by atoms with E-state index in [4.69, 9.17) is 15.0 Å². The number of rotatable bonds is 8. The number of azide groups is 1. The Kier molecular flexibility index (Phi) is 6.63. The summed E-state index contributed by atoms with van der Waals surface area (Å²) < 4.78 is 10.1. The summed E-state index contributed by atoms with van der Waals surface area (Å²) >= 11 is 0. The van der Waals surface area contributed by atoms with Crippen LogP contribution < -0.4 is 4.74 Å². The van der Waals surface area contributed by atoms with Gasteiger partial charge in [0.2, 0.25) is 0 Å². The maximum Gasteiger partial charge on any atom is 0.188 e. The minimum Gasteiger partial charge on any atom is -0.468 e. The van der Waals surface area contributed by atoms with E-state index < -0.39 is 0 Å². The lowest BCUT2D eigenvalue weighted by Crippen LogP contribution is -1.98. The third kappa shape index (κ3) is 5.80. The molecule has 17 heavy (non-hydrogen) atoms. The van der Waals surface area contributed by atoms with Gasteiger partial charge in [0.05, 0.1) is 0 Å². The van der Waals surface area contributed by atoms with Crippen LogP contribution in [0.5, 0.6) is 5.75 Å². The molecule has 1 rings (SSSR count). The minimum absolute atomic E-state index is 0.269. The third-order valence-corrected chi connectivity index (χ3v) is 2.30. The molecule has 0 unspecified atom stereocenters. The lowest BCUT2D eigenvalue weighted by atomic mass is 10.1. The van der Waals surface area contributed by atoms with E-state index in [1.165, 1.54) is 5.56 Å². The Balaban J connectivity index is 2.27. The summed E-state index contributed by atoms with van der Waals surface area (Å²) in [4.78, 5) is 2.72. The molecule has 5 heteroatoms. The van der Waals surface area contributed by atoms with Gasteiger partial charge in [0.1, 0.15) is 5.75 Å². The van der Waals surface area contributed by atoms with Gasteiger partial charge in [0.15, 0.2) is 6.79 Å². The van der Waals surface area contributed by atoms with Crippen molar-refractivity contribution in [2.45, 2.75) is 19.3 Å². The Hall–Kier alpha value is -1.71. The molecule has 0 fully saturated rings. The monoisotopic (exact) mass is 235 g/mol. The molecule has 0 aromatic heterocycles. The normalized spacial score (nSPS) is 9.71. The van der Waals surface area contributed by atoms with Crippen LogP contribution in [0.3, 0.4) is 0 Å². The van der Waals surface area contributed by atoms with Gasteiger partial charge < -0.3 is 9.47 Å². The van der Waals surface area contributed by atoms with E-state index in [1.807, 2.05) is 24.3 Å². The molecule has 0 N–H and O–H groups in total. The van der Waals surface area contributed by atoms with Crippen molar-refractivity contribution in [1.82, 2.24) is 0 Å². The van der Waals surface area contributed by atoms with Crippen LogP contribution in [-0.2, 0) is 11.2 Å². The van der Waals surface area contributed by atoms with Crippen LogP contribution in [0.2, 0.25) is 0 Å². The standard InChI is InChI=1S/C12H17N3O2/c1-16-10-17-12-7-5-11(6-8-12)4-2-3-9-14-15-13/h5-8H,2-4,9-10H2,1H3. The molecule has 0 aliphatic rings. The molecule has 0 amide bonds. The molecule has 0 saturated heterocycles. The van der Waals surface area contributed by atoms with Crippen LogP contribution in [0.25, 0.3) is 10.4 Å². The quantitative estimate of drug-likeness (QED) is 0.228. The first-order valence-electron chi connectivity index (χ1n) is 5.58. The van der Waals surface area contributed by atoms with Crippen molar-refractivity contribution in [3.63, 3.8) is 0 Å². The van der Waals surface area contributed by atoms with Crippen molar-refractivity contribution in [3.05, 3.63) is 40.3 Å². The Labute approximate surface area is 101 Å². The first-order chi connectivity index (χ1) is 8.36. The summed E-state index contributed by atoms with van der Waals surface area (Å²) in [6.07, 6.45) is 2.94. The molecule has 0 saturated carbocycles. The van der Waals surface area contributed by atoms with Crippen molar-refractivity contribution >= 4 is 0 Å². The molecule has 0 spiro atoms. The Morgan fingerprint density at radius 2 is 2.00 bits per heavy atom. The predicted octanol–water partition coefficient (Wildman–Crippen LogP) is 3.30. The van der Waals surface area contributed by atoms with Crippen molar-refractivity contribution in [2.24, 2.45) is 5.11 Å². The van der Waals surface area contributed by atoms with Crippen molar-refractivity contribution in [1.29, 1.82) is 0 Å². The molecule has 0 atom stereocenters. The fourth-order valence-electron chi connectivity index (χ4n) is 1.44. The van der Waals surface area contributed by atoms with Gasteiger partial charge >= 0.3 is 0 Å². The molecule has 0 radical (unpaired) electrons. The second-order valence-corrected chi connectivity index (χ2v) is 3.61. The Morgan fingerprint density at radius 1 is 1.24 bits per heavy atom. The molecular weight excluding hydrogens is 218 g/mol. The smallest absolute Gasteiger partial charge is 0.188 e. The van der Waals surface area contributed by atoms with Crippen LogP contribution in [0.15, 0.2) is 29.4 Å². The fourth-order valence-corrected chi connectivity index (χ4v) is 1.44. The van der Waals surface area contributed by atoms with Gasteiger partial charge in [-0.1, -0.05) is 17.2 Å². The second kappa shape index (κ2) is 8.44. The SMILES string of the molecule is COCOc1ccc(CCCCN=[N+]=[N-])cc1. The average molecular weight is 235 g/mol. The third-order valence-electron chi connectivity index (χ3n) is 2.30. The van der Waals surface area contributed by atoms with Gasteiger partial charge in [0, 0.05) is 18.6 Å². The van der Waals surface area contributed by atoms with Gasteiger partial charge in [-0.3, -0.25) is 0 Å². The number of nitrogens with zero attached hydrogens (tertiary/aromatic N) is 3. The first kappa shape index (κ1) is 13.4. The van der Waals surface area contributed by atoms with Gasteiger partial charge in [0.25, 0.3) is 0 Å². The summed E-state index contributed by atoms with van der Waals surface area (Å²) in [5.74, 6) is 0.810. The summed E-state index contributed by atoms with van der Waals surface area (Å²) in [7, 11) is 1.60. The molecule has 0 aliphatic carbocycles. The van der Waals surface area contributed by atoms with Crippen molar-refractivity contribution in [3.8, 4) is 5.75 Å². The van der Waals surface area contributed by atoms with E-state index in [0.717, 1.165) is 25.0 Å². The van der Waals surface area contributed by atoms with Gasteiger partial charge in [-0.25, -0.2) is 0 Å². The molecule has 0 aliphatic heterocycles. The summed E-state index contributed by atoms with van der Waals surface area (Å²) in [5, 5.41) is 3.50. The van der Waals surface area contributed by atoms with E-state index in [-0.39, 0.29) is 6.79 Å². The molecule has 5 nitrogen and oxygen atoms in total. The number of aryl methyl sites for hydroxylation is 1. The average Bonchev–Trinajstić information content (AvgIpc) is 2.37. The maximum absolute atomic E-state index is 8.12.